The Bertz CT molecular complexity index is 1640. The summed E-state index contributed by atoms with van der Waals surface area (Å²) in [6.07, 6.45) is 81.8. The number of carbonyl (C=O) groups excluding carboxylic acids is 1. The van der Waals surface area contributed by atoms with Crippen molar-refractivity contribution in [1.29, 1.82) is 0 Å². The maximum atomic E-state index is 13.1. The summed E-state index contributed by atoms with van der Waals surface area (Å²) in [6.45, 7) is 3.67. The molecule has 466 valence electrons. The number of hydrogen-bond acceptors (Lipinski definition) is 8. The van der Waals surface area contributed by atoms with Crippen LogP contribution in [0, 0.1) is 0 Å². The fraction of sp³-hybridized carbons (Fsp3) is 0.736. The van der Waals surface area contributed by atoms with Crippen LogP contribution in [0.3, 0.4) is 0 Å². The predicted octanol–water partition coefficient (Wildman–Crippen LogP) is 18.1. The van der Waals surface area contributed by atoms with Crippen LogP contribution in [0.2, 0.25) is 0 Å². The Hall–Kier alpha value is -3.15. The minimum atomic E-state index is -1.58. The molecule has 1 aliphatic rings. The molecule has 0 spiro atoms. The van der Waals surface area contributed by atoms with Gasteiger partial charge >= 0.3 is 0 Å². The first-order chi connectivity index (χ1) is 39.8. The summed E-state index contributed by atoms with van der Waals surface area (Å²) in [5.41, 5.74) is 0. The quantitative estimate of drug-likeness (QED) is 0.0261. The van der Waals surface area contributed by atoms with Gasteiger partial charge in [-0.15, -0.1) is 0 Å². The number of hydrogen-bond donors (Lipinski definition) is 6. The summed E-state index contributed by atoms with van der Waals surface area (Å²) in [5.74, 6) is -0.189. The minimum absolute atomic E-state index is 0.189. The Kier molecular flexibility index (Phi) is 56.2. The van der Waals surface area contributed by atoms with Crippen molar-refractivity contribution in [3.63, 3.8) is 0 Å². The van der Waals surface area contributed by atoms with E-state index in [0.29, 0.717) is 6.42 Å². The van der Waals surface area contributed by atoms with Crippen LogP contribution in [0.4, 0.5) is 0 Å². The van der Waals surface area contributed by atoms with Crippen LogP contribution in [0.5, 0.6) is 0 Å². The van der Waals surface area contributed by atoms with E-state index in [4.69, 9.17) is 9.47 Å². The predicted molar refractivity (Wildman–Crippen MR) is 345 cm³/mol. The number of rotatable bonds is 57. The molecule has 0 bridgehead atoms. The van der Waals surface area contributed by atoms with Crippen molar-refractivity contribution in [3.8, 4) is 0 Å². The third kappa shape index (κ3) is 48.9. The highest BCUT2D eigenvalue weighted by Gasteiger charge is 2.44. The highest BCUT2D eigenvalue weighted by atomic mass is 16.7. The molecule has 0 aromatic rings. The third-order valence-electron chi connectivity index (χ3n) is 15.3. The fourth-order valence-corrected chi connectivity index (χ4v) is 10.1. The Balaban J connectivity index is 2.17. The van der Waals surface area contributed by atoms with Crippen molar-refractivity contribution in [2.24, 2.45) is 0 Å². The highest BCUT2D eigenvalue weighted by Crippen LogP contribution is 2.23. The summed E-state index contributed by atoms with van der Waals surface area (Å²) in [6, 6.07) is -0.830. The van der Waals surface area contributed by atoms with E-state index >= 15 is 0 Å². The monoisotopic (exact) mass is 1130 g/mol. The number of aliphatic hydroxyl groups is 5. The Morgan fingerprint density at radius 3 is 1.19 bits per heavy atom. The van der Waals surface area contributed by atoms with Crippen LogP contribution in [0.25, 0.3) is 0 Å². The van der Waals surface area contributed by atoms with Crippen molar-refractivity contribution < 1.29 is 39.8 Å². The van der Waals surface area contributed by atoms with Crippen LogP contribution >= 0.6 is 0 Å². The van der Waals surface area contributed by atoms with Crippen molar-refractivity contribution in [2.45, 2.75) is 326 Å². The van der Waals surface area contributed by atoms with Gasteiger partial charge in [0.1, 0.15) is 24.4 Å². The topological polar surface area (TPSA) is 149 Å². The Labute approximate surface area is 497 Å². The molecule has 0 saturated carbocycles. The number of unbranched alkanes of at least 4 members (excludes halogenated alkanes) is 31. The molecule has 0 aromatic carbocycles. The number of amides is 1. The van der Waals surface area contributed by atoms with Gasteiger partial charge in [0, 0.05) is 6.42 Å². The van der Waals surface area contributed by atoms with Crippen molar-refractivity contribution >= 4 is 5.91 Å². The van der Waals surface area contributed by atoms with Crippen LogP contribution in [-0.4, -0.2) is 87.5 Å². The Morgan fingerprint density at radius 2 is 0.778 bits per heavy atom. The molecule has 0 aromatic heterocycles. The third-order valence-corrected chi connectivity index (χ3v) is 15.3. The molecule has 1 fully saturated rings. The van der Waals surface area contributed by atoms with Gasteiger partial charge < -0.3 is 40.3 Å². The van der Waals surface area contributed by atoms with E-state index in [1.54, 1.807) is 6.08 Å². The molecule has 6 N–H and O–H groups in total. The standard InChI is InChI=1S/C72H125NO8/c1-3-5-7-9-11-13-15-17-19-21-23-25-27-28-29-30-31-32-33-34-35-36-37-38-40-42-44-46-48-50-52-54-56-58-60-62-68(76)73-65(64-80-72-71(79)70(78)69(77)67(63-74)81-72)66(75)61-59-57-55-53-51-49-47-45-43-41-39-26-24-22-20-18-16-14-12-10-8-6-4-2/h5,7,11,13,17,19,23,25,28-29,31-32,34-35,51,53,59,61,65-67,69-72,74-75,77-79H,3-4,6,8-10,12,14-16,18,20-22,24,26-27,30,33,36-50,52,54-58,60,62-64H2,1-2H3,(H,73,76)/b7-5-,13-11-,19-17-,25-23-,29-28-,32-31-,35-34-,53-51+,61-59+. The van der Waals surface area contributed by atoms with E-state index in [-0.39, 0.29) is 12.5 Å². The molecule has 7 unspecified atom stereocenters. The molecule has 9 nitrogen and oxygen atoms in total. The molecular weight excluding hydrogens is 1010 g/mol. The Morgan fingerprint density at radius 1 is 0.432 bits per heavy atom. The molecule has 7 atom stereocenters. The van der Waals surface area contributed by atoms with E-state index in [1.807, 2.05) is 6.08 Å². The second-order valence-electron chi connectivity index (χ2n) is 22.9. The van der Waals surface area contributed by atoms with Crippen molar-refractivity contribution in [2.75, 3.05) is 13.2 Å². The zero-order chi connectivity index (χ0) is 58.6. The lowest BCUT2D eigenvalue weighted by Gasteiger charge is -2.40. The van der Waals surface area contributed by atoms with Gasteiger partial charge in [-0.05, 0) is 89.9 Å². The van der Waals surface area contributed by atoms with E-state index in [1.165, 1.54) is 180 Å². The summed E-state index contributed by atoms with van der Waals surface area (Å²) in [4.78, 5) is 13.1. The van der Waals surface area contributed by atoms with Gasteiger partial charge in [0.2, 0.25) is 5.91 Å². The van der Waals surface area contributed by atoms with Crippen molar-refractivity contribution in [3.05, 3.63) is 109 Å². The normalized spacial score (nSPS) is 19.1. The average molecular weight is 1130 g/mol. The lowest BCUT2D eigenvalue weighted by molar-refractivity contribution is -0.302. The maximum absolute atomic E-state index is 13.1. The van der Waals surface area contributed by atoms with Crippen molar-refractivity contribution in [1.82, 2.24) is 5.32 Å². The van der Waals surface area contributed by atoms with E-state index < -0.39 is 49.5 Å². The maximum Gasteiger partial charge on any atom is 0.220 e. The molecule has 0 aliphatic carbocycles. The average Bonchev–Trinajstić information content (AvgIpc) is 3.48. The first kappa shape index (κ1) is 75.9. The van der Waals surface area contributed by atoms with Gasteiger partial charge in [-0.25, -0.2) is 0 Å². The second kappa shape index (κ2) is 60.0. The second-order valence-corrected chi connectivity index (χ2v) is 22.9. The van der Waals surface area contributed by atoms with Gasteiger partial charge in [0.05, 0.1) is 25.4 Å². The molecule has 9 heteroatoms. The zero-order valence-corrected chi connectivity index (χ0v) is 52.0. The summed E-state index contributed by atoms with van der Waals surface area (Å²) < 4.78 is 11.3. The first-order valence-electron chi connectivity index (χ1n) is 33.6. The lowest BCUT2D eigenvalue weighted by atomic mass is 9.99. The SMILES string of the molecule is CC/C=C\C/C=C\C/C=C\C/C=C\C/C=C\C/C=C\C/C=C\CCCCCCCCCCCCCCCC(=O)NC(COC1OC(CO)C(O)C(O)C1O)C(O)/C=C/CC/C=C/CCCCCCCCCCCCCCCCCCC. The smallest absolute Gasteiger partial charge is 0.220 e. The summed E-state index contributed by atoms with van der Waals surface area (Å²) >= 11 is 0. The molecule has 1 aliphatic heterocycles. The van der Waals surface area contributed by atoms with Gasteiger partial charge in [0.25, 0.3) is 0 Å². The molecule has 0 radical (unpaired) electrons. The van der Waals surface area contributed by atoms with Gasteiger partial charge in [-0.2, -0.15) is 0 Å². The molecule has 1 heterocycles. The number of aliphatic hydroxyl groups excluding tert-OH is 5. The van der Waals surface area contributed by atoms with E-state index in [9.17, 15) is 30.3 Å². The highest BCUT2D eigenvalue weighted by molar-refractivity contribution is 5.76. The van der Waals surface area contributed by atoms with E-state index in [2.05, 4.69) is 116 Å². The summed E-state index contributed by atoms with van der Waals surface area (Å²) in [5, 5.41) is 54.7. The zero-order valence-electron chi connectivity index (χ0n) is 52.0. The molecular formula is C72H125NO8. The minimum Gasteiger partial charge on any atom is -0.394 e. The fourth-order valence-electron chi connectivity index (χ4n) is 10.1. The molecule has 1 amide bonds. The molecule has 1 saturated heterocycles. The molecule has 81 heavy (non-hydrogen) atoms. The first-order valence-corrected chi connectivity index (χ1v) is 33.6. The summed E-state index contributed by atoms with van der Waals surface area (Å²) in [7, 11) is 0. The van der Waals surface area contributed by atoms with Crippen LogP contribution in [-0.2, 0) is 14.3 Å². The van der Waals surface area contributed by atoms with E-state index in [0.717, 1.165) is 83.5 Å². The number of ether oxygens (including phenoxy) is 2. The van der Waals surface area contributed by atoms with Crippen LogP contribution in [0.1, 0.15) is 284 Å². The van der Waals surface area contributed by atoms with Crippen LogP contribution in [0.15, 0.2) is 109 Å². The number of allylic oxidation sites excluding steroid dienone is 17. The van der Waals surface area contributed by atoms with Gasteiger partial charge in [0.15, 0.2) is 6.29 Å². The number of nitrogens with one attached hydrogen (secondary N) is 1. The largest absolute Gasteiger partial charge is 0.394 e. The van der Waals surface area contributed by atoms with Gasteiger partial charge in [-0.1, -0.05) is 297 Å². The molecule has 1 rings (SSSR count). The number of carbonyl (C=O) groups is 1. The van der Waals surface area contributed by atoms with Crippen LogP contribution < -0.4 is 5.32 Å². The lowest BCUT2D eigenvalue weighted by Crippen LogP contribution is -2.60. The van der Waals surface area contributed by atoms with Gasteiger partial charge in [-0.3, -0.25) is 4.79 Å².